The van der Waals surface area contributed by atoms with Gasteiger partial charge in [0.1, 0.15) is 11.4 Å². The van der Waals surface area contributed by atoms with Crippen LogP contribution in [-0.4, -0.2) is 30.7 Å². The second-order valence-electron chi connectivity index (χ2n) is 6.36. The summed E-state index contributed by atoms with van der Waals surface area (Å²) in [4.78, 5) is 39.7. The summed E-state index contributed by atoms with van der Waals surface area (Å²) in [5.74, 6) is -0.987. The molecule has 8 heteroatoms. The Labute approximate surface area is 166 Å². The number of rotatable bonds is 4. The molecule has 2 heterocycles. The molecule has 1 saturated heterocycles. The Bertz CT molecular complexity index is 1050. The molecule has 2 aliphatic heterocycles. The molecule has 0 unspecified atom stereocenters. The number of methoxy groups -OCH3 is 1. The van der Waals surface area contributed by atoms with Gasteiger partial charge in [-0.25, -0.2) is 4.90 Å². The third-order valence-corrected chi connectivity index (χ3v) is 4.92. The summed E-state index contributed by atoms with van der Waals surface area (Å²) in [6, 6.07) is 12.6. The Hall–Kier alpha value is -3.32. The second-order valence-corrected chi connectivity index (χ2v) is 6.80. The summed E-state index contributed by atoms with van der Waals surface area (Å²) in [6.45, 7) is 1.34. The van der Waals surface area contributed by atoms with Crippen LogP contribution in [0.1, 0.15) is 6.92 Å². The Morgan fingerprint density at radius 1 is 1.14 bits per heavy atom. The largest absolute Gasteiger partial charge is 0.495 e. The maximum atomic E-state index is 13.3. The van der Waals surface area contributed by atoms with Gasteiger partial charge in [-0.15, -0.1) is 0 Å². The first-order valence-corrected chi connectivity index (χ1v) is 8.89. The smallest absolute Gasteiger partial charge is 0.266 e. The molecule has 0 aliphatic carbocycles. The highest BCUT2D eigenvalue weighted by Gasteiger charge is 2.54. The van der Waals surface area contributed by atoms with Gasteiger partial charge in [0, 0.05) is 11.9 Å². The van der Waals surface area contributed by atoms with E-state index in [0.717, 1.165) is 4.90 Å². The summed E-state index contributed by atoms with van der Waals surface area (Å²) in [5.41, 5.74) is 4.01. The number of ether oxygens (including phenoxy) is 1. The van der Waals surface area contributed by atoms with Crippen molar-refractivity contribution < 1.29 is 19.1 Å². The molecule has 0 bridgehead atoms. The van der Waals surface area contributed by atoms with E-state index < -0.39 is 17.9 Å². The molecule has 7 nitrogen and oxygen atoms in total. The summed E-state index contributed by atoms with van der Waals surface area (Å²) in [5, 5.41) is 1.96. The van der Waals surface area contributed by atoms with Gasteiger partial charge in [0.05, 0.1) is 24.1 Å². The lowest BCUT2D eigenvalue weighted by molar-refractivity contribution is -0.121. The summed E-state index contributed by atoms with van der Waals surface area (Å²) >= 11 is 6.08. The van der Waals surface area contributed by atoms with E-state index in [0.29, 0.717) is 22.1 Å². The molecule has 2 aromatic rings. The number of hydrazine groups is 1. The van der Waals surface area contributed by atoms with Crippen LogP contribution >= 0.6 is 11.6 Å². The summed E-state index contributed by atoms with van der Waals surface area (Å²) < 4.78 is 5.30. The number of Topliss-reactive ketones (excluding diaryl/α,β-unsaturated/α-hetero) is 1. The summed E-state index contributed by atoms with van der Waals surface area (Å²) in [6.07, 6.45) is 0. The first-order valence-electron chi connectivity index (χ1n) is 8.52. The van der Waals surface area contributed by atoms with Crippen molar-refractivity contribution in [1.82, 2.24) is 5.43 Å². The third-order valence-electron chi connectivity index (χ3n) is 4.69. The lowest BCUT2D eigenvalue weighted by Gasteiger charge is -2.26. The fraction of sp³-hybridized carbons (Fsp3) is 0.150. The number of imide groups is 1. The molecule has 2 aliphatic rings. The number of ketones is 1. The van der Waals surface area contributed by atoms with Gasteiger partial charge in [0.2, 0.25) is 0 Å². The zero-order valence-electron chi connectivity index (χ0n) is 15.1. The van der Waals surface area contributed by atoms with E-state index in [1.165, 1.54) is 19.0 Å². The molecule has 28 heavy (non-hydrogen) atoms. The van der Waals surface area contributed by atoms with Crippen LogP contribution in [0.3, 0.4) is 0 Å². The number of carbonyl (C=O) groups excluding carboxylic acids is 3. The molecule has 0 aromatic heterocycles. The van der Waals surface area contributed by atoms with Gasteiger partial charge in [0.15, 0.2) is 11.8 Å². The third kappa shape index (κ3) is 2.63. The number of benzene rings is 2. The number of fused-ring (bicyclic) bond motifs is 1. The van der Waals surface area contributed by atoms with Crippen molar-refractivity contribution in [2.45, 2.75) is 13.0 Å². The molecular formula is C20H16ClN3O4. The minimum Gasteiger partial charge on any atom is -0.495 e. The van der Waals surface area contributed by atoms with E-state index in [4.69, 9.17) is 16.3 Å². The molecule has 1 fully saturated rings. The number of allylic oxidation sites excluding steroid dienone is 1. The van der Waals surface area contributed by atoms with Crippen LogP contribution in [0.2, 0.25) is 5.02 Å². The maximum Gasteiger partial charge on any atom is 0.266 e. The first kappa shape index (κ1) is 18.1. The van der Waals surface area contributed by atoms with E-state index in [-0.39, 0.29) is 17.1 Å². The fourth-order valence-corrected chi connectivity index (χ4v) is 3.65. The van der Waals surface area contributed by atoms with Crippen molar-refractivity contribution in [1.29, 1.82) is 0 Å². The van der Waals surface area contributed by atoms with Crippen molar-refractivity contribution in [3.05, 3.63) is 64.8 Å². The number of halogens is 1. The zero-order chi connectivity index (χ0) is 20.0. The van der Waals surface area contributed by atoms with Gasteiger partial charge in [-0.05, 0) is 30.3 Å². The maximum absolute atomic E-state index is 13.3. The molecule has 2 amide bonds. The van der Waals surface area contributed by atoms with Gasteiger partial charge in [-0.3, -0.25) is 24.8 Å². The van der Waals surface area contributed by atoms with Gasteiger partial charge < -0.3 is 4.74 Å². The first-order chi connectivity index (χ1) is 13.4. The molecule has 142 valence electrons. The highest BCUT2D eigenvalue weighted by molar-refractivity contribution is 6.34. The van der Waals surface area contributed by atoms with Crippen LogP contribution in [0.25, 0.3) is 0 Å². The predicted molar refractivity (Wildman–Crippen MR) is 104 cm³/mol. The van der Waals surface area contributed by atoms with Crippen molar-refractivity contribution in [2.75, 3.05) is 17.0 Å². The lowest BCUT2D eigenvalue weighted by Crippen LogP contribution is -2.46. The minimum absolute atomic E-state index is 0.0979. The van der Waals surface area contributed by atoms with E-state index in [1.807, 2.05) is 0 Å². The molecule has 4 rings (SSSR count). The van der Waals surface area contributed by atoms with Crippen molar-refractivity contribution in [3.8, 4) is 5.75 Å². The molecule has 1 N–H and O–H groups in total. The van der Waals surface area contributed by atoms with E-state index in [9.17, 15) is 14.4 Å². The molecule has 0 saturated carbocycles. The van der Waals surface area contributed by atoms with Crippen LogP contribution in [0.15, 0.2) is 59.8 Å². The zero-order valence-corrected chi connectivity index (χ0v) is 15.9. The van der Waals surface area contributed by atoms with Gasteiger partial charge in [-0.1, -0.05) is 29.8 Å². The van der Waals surface area contributed by atoms with Crippen molar-refractivity contribution in [2.24, 2.45) is 0 Å². The molecule has 2 aromatic carbocycles. The number of nitrogens with one attached hydrogen (secondary N) is 1. The van der Waals surface area contributed by atoms with Crippen molar-refractivity contribution in [3.63, 3.8) is 0 Å². The van der Waals surface area contributed by atoms with E-state index in [2.05, 4.69) is 5.43 Å². The number of hydrogen-bond acceptors (Lipinski definition) is 6. The fourth-order valence-electron chi connectivity index (χ4n) is 3.46. The van der Waals surface area contributed by atoms with Crippen LogP contribution < -0.4 is 20.1 Å². The van der Waals surface area contributed by atoms with Gasteiger partial charge in [-0.2, -0.15) is 0 Å². The number of anilines is 2. The monoisotopic (exact) mass is 397 g/mol. The SMILES string of the molecule is COc1ccccc1N1C(=O)C2=C(C(C)=O)NN(c3cccc(Cl)c3)[C@@H]2C1=O. The number of hydrogen-bond donors (Lipinski definition) is 1. The van der Waals surface area contributed by atoms with E-state index in [1.54, 1.807) is 48.5 Å². The average molecular weight is 398 g/mol. The Kier molecular flexibility index (Phi) is 4.31. The van der Waals surface area contributed by atoms with Crippen LogP contribution in [0.4, 0.5) is 11.4 Å². The molecule has 0 radical (unpaired) electrons. The molecule has 1 atom stereocenters. The van der Waals surface area contributed by atoms with Crippen molar-refractivity contribution >= 4 is 40.6 Å². The minimum atomic E-state index is -0.977. The quantitative estimate of drug-likeness (QED) is 0.798. The topological polar surface area (TPSA) is 79.0 Å². The average Bonchev–Trinajstić information content (AvgIpc) is 3.19. The predicted octanol–water partition coefficient (Wildman–Crippen LogP) is 2.46. The van der Waals surface area contributed by atoms with Gasteiger partial charge in [0.25, 0.3) is 11.8 Å². The highest BCUT2D eigenvalue weighted by Crippen LogP contribution is 2.39. The number of amides is 2. The number of carbonyl (C=O) groups is 3. The van der Waals surface area contributed by atoms with Crippen LogP contribution in [-0.2, 0) is 14.4 Å². The Morgan fingerprint density at radius 2 is 1.89 bits per heavy atom. The van der Waals surface area contributed by atoms with Crippen LogP contribution in [0.5, 0.6) is 5.75 Å². The summed E-state index contributed by atoms with van der Waals surface area (Å²) in [7, 11) is 1.46. The standard InChI is InChI=1S/C20H16ClN3O4/c1-11(25)17-16-18(24(22-17)13-7-5-6-12(21)10-13)20(27)23(19(16)26)14-8-3-4-9-15(14)28-2/h3-10,18,22H,1-2H3/t18-/m0/s1. The Balaban J connectivity index is 1.85. The Morgan fingerprint density at radius 3 is 2.57 bits per heavy atom. The molecule has 0 spiro atoms. The van der Waals surface area contributed by atoms with Gasteiger partial charge >= 0.3 is 0 Å². The van der Waals surface area contributed by atoms with Crippen LogP contribution in [0, 0.1) is 0 Å². The van der Waals surface area contributed by atoms with E-state index >= 15 is 0 Å². The second kappa shape index (κ2) is 6.69. The lowest BCUT2D eigenvalue weighted by atomic mass is 10.1. The number of nitrogens with zero attached hydrogens (tertiary/aromatic N) is 2. The number of para-hydroxylation sites is 2. The highest BCUT2D eigenvalue weighted by atomic mass is 35.5. The normalized spacial score (nSPS) is 18.5. The molecular weight excluding hydrogens is 382 g/mol.